The SMILES string of the molecule is CCNC1COCC1C(=O)Nc1ncc(C)s1. The van der Waals surface area contributed by atoms with E-state index in [0.717, 1.165) is 11.4 Å². The molecule has 2 rings (SSSR count). The van der Waals surface area contributed by atoms with Crippen LogP contribution >= 0.6 is 11.3 Å². The van der Waals surface area contributed by atoms with Crippen molar-refractivity contribution in [3.05, 3.63) is 11.1 Å². The minimum absolute atomic E-state index is 0.0113. The summed E-state index contributed by atoms with van der Waals surface area (Å²) >= 11 is 1.49. The van der Waals surface area contributed by atoms with Crippen LogP contribution in [0.25, 0.3) is 0 Å². The molecule has 2 N–H and O–H groups in total. The second-order valence-electron chi connectivity index (χ2n) is 4.07. The Balaban J connectivity index is 1.95. The lowest BCUT2D eigenvalue weighted by molar-refractivity contribution is -0.120. The van der Waals surface area contributed by atoms with Crippen LogP contribution in [0.1, 0.15) is 11.8 Å². The van der Waals surface area contributed by atoms with E-state index >= 15 is 0 Å². The summed E-state index contributed by atoms with van der Waals surface area (Å²) in [5.74, 6) is -0.137. The maximum atomic E-state index is 12.0. The molecule has 2 atom stereocenters. The standard InChI is InChI=1S/C11H17N3O2S/c1-3-12-9-6-16-5-8(9)10(15)14-11-13-4-7(2)17-11/h4,8-9,12H,3,5-6H2,1-2H3,(H,13,14,15). The summed E-state index contributed by atoms with van der Waals surface area (Å²) in [4.78, 5) is 17.3. The number of hydrogen-bond acceptors (Lipinski definition) is 5. The van der Waals surface area contributed by atoms with Gasteiger partial charge in [0, 0.05) is 17.1 Å². The maximum absolute atomic E-state index is 12.0. The van der Waals surface area contributed by atoms with Crippen molar-refractivity contribution in [3.63, 3.8) is 0 Å². The Morgan fingerprint density at radius 2 is 2.47 bits per heavy atom. The largest absolute Gasteiger partial charge is 0.379 e. The molecule has 94 valence electrons. The quantitative estimate of drug-likeness (QED) is 0.843. The van der Waals surface area contributed by atoms with Crippen LogP contribution in [0, 0.1) is 12.8 Å². The zero-order chi connectivity index (χ0) is 12.3. The average molecular weight is 255 g/mol. The number of nitrogens with zero attached hydrogens (tertiary/aromatic N) is 1. The summed E-state index contributed by atoms with van der Waals surface area (Å²) in [6.45, 7) is 5.91. The van der Waals surface area contributed by atoms with Crippen LogP contribution in [-0.4, -0.2) is 36.7 Å². The number of thiazole rings is 1. The molecule has 0 aliphatic carbocycles. The highest BCUT2D eigenvalue weighted by atomic mass is 32.1. The fraction of sp³-hybridized carbons (Fsp3) is 0.636. The van der Waals surface area contributed by atoms with E-state index in [0.29, 0.717) is 18.3 Å². The normalized spacial score (nSPS) is 23.9. The lowest BCUT2D eigenvalue weighted by atomic mass is 10.0. The lowest BCUT2D eigenvalue weighted by Crippen LogP contribution is -2.41. The number of aromatic nitrogens is 1. The summed E-state index contributed by atoms with van der Waals surface area (Å²) in [7, 11) is 0. The van der Waals surface area contributed by atoms with Crippen LogP contribution in [0.4, 0.5) is 5.13 Å². The van der Waals surface area contributed by atoms with Gasteiger partial charge in [0.1, 0.15) is 0 Å². The minimum atomic E-state index is -0.126. The molecular weight excluding hydrogens is 238 g/mol. The average Bonchev–Trinajstić information content (AvgIpc) is 2.88. The summed E-state index contributed by atoms with van der Waals surface area (Å²) in [6.07, 6.45) is 1.76. The second kappa shape index (κ2) is 5.57. The number of carbonyl (C=O) groups excluding carboxylic acids is 1. The molecule has 1 saturated heterocycles. The molecular formula is C11H17N3O2S. The van der Waals surface area contributed by atoms with E-state index in [1.807, 2.05) is 13.8 Å². The number of carbonyl (C=O) groups is 1. The minimum Gasteiger partial charge on any atom is -0.379 e. The molecule has 0 radical (unpaired) electrons. The van der Waals surface area contributed by atoms with Crippen LogP contribution in [0.15, 0.2) is 6.20 Å². The summed E-state index contributed by atoms with van der Waals surface area (Å²) in [5.41, 5.74) is 0. The van der Waals surface area contributed by atoms with Gasteiger partial charge in [-0.1, -0.05) is 6.92 Å². The molecule has 1 aliphatic rings. The van der Waals surface area contributed by atoms with Gasteiger partial charge in [0.25, 0.3) is 0 Å². The van der Waals surface area contributed by atoms with Gasteiger partial charge >= 0.3 is 0 Å². The molecule has 1 aromatic rings. The van der Waals surface area contributed by atoms with E-state index in [1.165, 1.54) is 11.3 Å². The zero-order valence-corrected chi connectivity index (χ0v) is 10.8. The van der Waals surface area contributed by atoms with Crippen molar-refractivity contribution >= 4 is 22.4 Å². The van der Waals surface area contributed by atoms with Crippen LogP contribution in [0.5, 0.6) is 0 Å². The molecule has 2 unspecified atom stereocenters. The van der Waals surface area contributed by atoms with Gasteiger partial charge in [0.05, 0.1) is 19.1 Å². The second-order valence-corrected chi connectivity index (χ2v) is 5.31. The number of amides is 1. The van der Waals surface area contributed by atoms with E-state index in [2.05, 4.69) is 15.6 Å². The Kier molecular flexibility index (Phi) is 4.09. The van der Waals surface area contributed by atoms with Gasteiger partial charge in [-0.25, -0.2) is 4.98 Å². The Bertz CT molecular complexity index is 394. The van der Waals surface area contributed by atoms with Gasteiger partial charge < -0.3 is 15.4 Å². The summed E-state index contributed by atoms with van der Waals surface area (Å²) in [5, 5.41) is 6.77. The molecule has 0 spiro atoms. The third-order valence-corrected chi connectivity index (χ3v) is 3.56. The van der Waals surface area contributed by atoms with E-state index in [9.17, 15) is 4.79 Å². The number of hydrogen-bond donors (Lipinski definition) is 2. The molecule has 1 aliphatic heterocycles. The van der Waals surface area contributed by atoms with E-state index in [4.69, 9.17) is 4.74 Å². The van der Waals surface area contributed by atoms with Crippen LogP contribution in [0.3, 0.4) is 0 Å². The smallest absolute Gasteiger partial charge is 0.233 e. The number of ether oxygens (including phenoxy) is 1. The molecule has 0 saturated carbocycles. The first-order valence-electron chi connectivity index (χ1n) is 5.75. The Morgan fingerprint density at radius 3 is 3.12 bits per heavy atom. The highest BCUT2D eigenvalue weighted by molar-refractivity contribution is 7.15. The van der Waals surface area contributed by atoms with Gasteiger partial charge in [-0.05, 0) is 13.5 Å². The van der Waals surface area contributed by atoms with Crippen molar-refractivity contribution in [1.82, 2.24) is 10.3 Å². The third-order valence-electron chi connectivity index (χ3n) is 2.74. The summed E-state index contributed by atoms with van der Waals surface area (Å²) in [6, 6.07) is 0.112. The van der Waals surface area contributed by atoms with Gasteiger partial charge in [-0.2, -0.15) is 0 Å². The molecule has 1 amide bonds. The van der Waals surface area contributed by atoms with Crippen LogP contribution in [0.2, 0.25) is 0 Å². The van der Waals surface area contributed by atoms with Crippen molar-refractivity contribution in [2.45, 2.75) is 19.9 Å². The molecule has 1 fully saturated rings. The van der Waals surface area contributed by atoms with Gasteiger partial charge in [0.2, 0.25) is 5.91 Å². The number of anilines is 1. The van der Waals surface area contributed by atoms with Crippen LogP contribution < -0.4 is 10.6 Å². The fourth-order valence-electron chi connectivity index (χ4n) is 1.89. The van der Waals surface area contributed by atoms with Crippen molar-refractivity contribution in [1.29, 1.82) is 0 Å². The van der Waals surface area contributed by atoms with E-state index in [-0.39, 0.29) is 17.9 Å². The number of rotatable bonds is 4. The number of likely N-dealkylation sites (N-methyl/N-ethyl adjacent to an activating group) is 1. The maximum Gasteiger partial charge on any atom is 0.233 e. The highest BCUT2D eigenvalue weighted by Gasteiger charge is 2.33. The summed E-state index contributed by atoms with van der Waals surface area (Å²) < 4.78 is 5.35. The van der Waals surface area contributed by atoms with Crippen molar-refractivity contribution in [2.75, 3.05) is 25.1 Å². The van der Waals surface area contributed by atoms with Gasteiger partial charge in [0.15, 0.2) is 5.13 Å². The van der Waals surface area contributed by atoms with Gasteiger partial charge in [-0.3, -0.25) is 4.79 Å². The lowest BCUT2D eigenvalue weighted by Gasteiger charge is -2.16. The Hall–Kier alpha value is -0.980. The predicted molar refractivity (Wildman–Crippen MR) is 67.3 cm³/mol. The number of aryl methyl sites for hydroxylation is 1. The number of nitrogens with one attached hydrogen (secondary N) is 2. The predicted octanol–water partition coefficient (Wildman–Crippen LogP) is 1.01. The zero-order valence-electron chi connectivity index (χ0n) is 10.0. The molecule has 2 heterocycles. The first-order chi connectivity index (χ1) is 8.20. The van der Waals surface area contributed by atoms with Crippen LogP contribution in [-0.2, 0) is 9.53 Å². The molecule has 0 aromatic carbocycles. The molecule has 17 heavy (non-hydrogen) atoms. The van der Waals surface area contributed by atoms with Crippen molar-refractivity contribution < 1.29 is 9.53 Å². The van der Waals surface area contributed by atoms with E-state index in [1.54, 1.807) is 6.20 Å². The van der Waals surface area contributed by atoms with E-state index < -0.39 is 0 Å². The monoisotopic (exact) mass is 255 g/mol. The first kappa shape index (κ1) is 12.5. The molecule has 6 heteroatoms. The highest BCUT2D eigenvalue weighted by Crippen LogP contribution is 2.20. The van der Waals surface area contributed by atoms with Gasteiger partial charge in [-0.15, -0.1) is 11.3 Å². The Labute approximate surface area is 105 Å². The molecule has 5 nitrogen and oxygen atoms in total. The van der Waals surface area contributed by atoms with Crippen molar-refractivity contribution in [3.8, 4) is 0 Å². The molecule has 0 bridgehead atoms. The topological polar surface area (TPSA) is 63.2 Å². The first-order valence-corrected chi connectivity index (χ1v) is 6.56. The molecule has 1 aromatic heterocycles. The van der Waals surface area contributed by atoms with Crippen molar-refractivity contribution in [2.24, 2.45) is 5.92 Å². The third kappa shape index (κ3) is 3.02. The Morgan fingerprint density at radius 1 is 1.65 bits per heavy atom. The fourth-order valence-corrected chi connectivity index (χ4v) is 2.55.